The highest BCUT2D eigenvalue weighted by Gasteiger charge is 2.30. The minimum Gasteiger partial charge on any atom is -0.365 e. The number of hydrogen-bond acceptors (Lipinski definition) is 2. The molecule has 0 amide bonds. The highest BCUT2D eigenvalue weighted by atomic mass is 15.2. The summed E-state index contributed by atoms with van der Waals surface area (Å²) in [6.45, 7) is 4.57. The van der Waals surface area contributed by atoms with E-state index < -0.39 is 0 Å². The van der Waals surface area contributed by atoms with Crippen molar-refractivity contribution in [3.63, 3.8) is 0 Å². The first-order chi connectivity index (χ1) is 9.76. The molecule has 1 heterocycles. The Kier molecular flexibility index (Phi) is 3.36. The van der Waals surface area contributed by atoms with E-state index in [-0.39, 0.29) is 0 Å². The predicted molar refractivity (Wildman–Crippen MR) is 83.9 cm³/mol. The van der Waals surface area contributed by atoms with Crippen LogP contribution in [0, 0.1) is 11.3 Å². The van der Waals surface area contributed by atoms with Crippen molar-refractivity contribution in [2.45, 2.75) is 45.2 Å². The molecular weight excluding hydrogens is 244 g/mol. The standard InChI is InChI=1S/C18H20N2/c1-3-15-10-8-13(2)20(15)18-11-9-14(12-19)16-6-4-5-7-17(16)18/h4-7,9,11,13,15H,3,8,10H2,1-2H3. The summed E-state index contributed by atoms with van der Waals surface area (Å²) in [6.07, 6.45) is 3.71. The van der Waals surface area contributed by atoms with Crippen LogP contribution in [-0.4, -0.2) is 12.1 Å². The minimum atomic E-state index is 0.580. The summed E-state index contributed by atoms with van der Waals surface area (Å²) >= 11 is 0. The van der Waals surface area contributed by atoms with Crippen LogP contribution in [0.15, 0.2) is 36.4 Å². The van der Waals surface area contributed by atoms with Crippen molar-refractivity contribution in [3.8, 4) is 6.07 Å². The van der Waals surface area contributed by atoms with Gasteiger partial charge >= 0.3 is 0 Å². The van der Waals surface area contributed by atoms with Gasteiger partial charge in [-0.3, -0.25) is 0 Å². The van der Waals surface area contributed by atoms with E-state index in [4.69, 9.17) is 0 Å². The molecule has 1 fully saturated rings. The van der Waals surface area contributed by atoms with Gasteiger partial charge in [0.05, 0.1) is 11.6 Å². The van der Waals surface area contributed by atoms with Gasteiger partial charge in [-0.05, 0) is 38.3 Å². The zero-order valence-electron chi connectivity index (χ0n) is 12.1. The van der Waals surface area contributed by atoms with Crippen LogP contribution >= 0.6 is 0 Å². The van der Waals surface area contributed by atoms with Crippen LogP contribution in [0.25, 0.3) is 10.8 Å². The molecule has 2 nitrogen and oxygen atoms in total. The molecule has 2 unspecified atom stereocenters. The molecule has 1 saturated heterocycles. The van der Waals surface area contributed by atoms with Crippen LogP contribution in [-0.2, 0) is 0 Å². The molecule has 0 N–H and O–H groups in total. The fourth-order valence-corrected chi connectivity index (χ4v) is 3.51. The van der Waals surface area contributed by atoms with Crippen LogP contribution in [0.2, 0.25) is 0 Å². The van der Waals surface area contributed by atoms with Gasteiger partial charge in [0.1, 0.15) is 0 Å². The molecule has 0 aliphatic carbocycles. The van der Waals surface area contributed by atoms with E-state index in [1.54, 1.807) is 0 Å². The van der Waals surface area contributed by atoms with E-state index in [0.29, 0.717) is 12.1 Å². The zero-order valence-corrected chi connectivity index (χ0v) is 12.1. The molecule has 20 heavy (non-hydrogen) atoms. The molecule has 0 aromatic heterocycles. The van der Waals surface area contributed by atoms with Gasteiger partial charge in [-0.1, -0.05) is 31.2 Å². The number of hydrogen-bond donors (Lipinski definition) is 0. The smallest absolute Gasteiger partial charge is 0.0998 e. The monoisotopic (exact) mass is 264 g/mol. The van der Waals surface area contributed by atoms with Gasteiger partial charge < -0.3 is 4.90 Å². The predicted octanol–water partition coefficient (Wildman–Crippen LogP) is 4.48. The van der Waals surface area contributed by atoms with Gasteiger partial charge in [0.2, 0.25) is 0 Å². The third kappa shape index (κ3) is 1.94. The second-order valence-corrected chi connectivity index (χ2v) is 5.69. The molecule has 2 aromatic carbocycles. The van der Waals surface area contributed by atoms with E-state index in [1.165, 1.54) is 30.3 Å². The highest BCUT2D eigenvalue weighted by molar-refractivity contribution is 5.98. The molecule has 2 aromatic rings. The summed E-state index contributed by atoms with van der Waals surface area (Å²) in [6, 6.07) is 15.9. The lowest BCUT2D eigenvalue weighted by Crippen LogP contribution is -2.34. The van der Waals surface area contributed by atoms with Crippen molar-refractivity contribution >= 4 is 16.5 Å². The van der Waals surface area contributed by atoms with Crippen LogP contribution < -0.4 is 4.90 Å². The first-order valence-corrected chi connectivity index (χ1v) is 7.46. The van der Waals surface area contributed by atoms with Crippen LogP contribution in [0.1, 0.15) is 38.7 Å². The summed E-state index contributed by atoms with van der Waals surface area (Å²) < 4.78 is 0. The van der Waals surface area contributed by atoms with E-state index in [9.17, 15) is 5.26 Å². The molecule has 0 bridgehead atoms. The fourth-order valence-electron chi connectivity index (χ4n) is 3.51. The van der Waals surface area contributed by atoms with Crippen molar-refractivity contribution in [1.29, 1.82) is 5.26 Å². The summed E-state index contributed by atoms with van der Waals surface area (Å²) in [5.41, 5.74) is 2.06. The summed E-state index contributed by atoms with van der Waals surface area (Å²) in [7, 11) is 0. The lowest BCUT2D eigenvalue weighted by Gasteiger charge is -2.31. The van der Waals surface area contributed by atoms with Crippen molar-refractivity contribution in [1.82, 2.24) is 0 Å². The van der Waals surface area contributed by atoms with Gasteiger partial charge in [0.25, 0.3) is 0 Å². The molecule has 102 valence electrons. The number of benzene rings is 2. The number of rotatable bonds is 2. The number of nitriles is 1. The van der Waals surface area contributed by atoms with Gasteiger partial charge in [0, 0.05) is 28.5 Å². The van der Waals surface area contributed by atoms with Crippen molar-refractivity contribution in [2.24, 2.45) is 0 Å². The van der Waals surface area contributed by atoms with Crippen LogP contribution in [0.3, 0.4) is 0 Å². The summed E-state index contributed by atoms with van der Waals surface area (Å²) in [5.74, 6) is 0. The normalized spacial score (nSPS) is 22.1. The fraction of sp³-hybridized carbons (Fsp3) is 0.389. The molecule has 1 aliphatic rings. The molecule has 1 aliphatic heterocycles. The third-order valence-corrected chi connectivity index (χ3v) is 4.56. The topological polar surface area (TPSA) is 27.0 Å². The maximum atomic E-state index is 9.28. The molecule has 0 saturated carbocycles. The second-order valence-electron chi connectivity index (χ2n) is 5.69. The van der Waals surface area contributed by atoms with Crippen molar-refractivity contribution < 1.29 is 0 Å². The Hall–Kier alpha value is -2.01. The maximum Gasteiger partial charge on any atom is 0.0998 e. The zero-order chi connectivity index (χ0) is 14.1. The molecule has 3 rings (SSSR count). The molecule has 2 atom stereocenters. The Labute approximate surface area is 120 Å². The van der Waals surface area contributed by atoms with E-state index in [0.717, 1.165) is 10.9 Å². The average molecular weight is 264 g/mol. The second kappa shape index (κ2) is 5.17. The lowest BCUT2D eigenvalue weighted by atomic mass is 10.0. The third-order valence-electron chi connectivity index (χ3n) is 4.56. The first kappa shape index (κ1) is 13.0. The minimum absolute atomic E-state index is 0.580. The largest absolute Gasteiger partial charge is 0.365 e. The molecule has 0 spiro atoms. The Bertz CT molecular complexity index is 669. The average Bonchev–Trinajstić information content (AvgIpc) is 2.87. The number of fused-ring (bicyclic) bond motifs is 1. The van der Waals surface area contributed by atoms with E-state index >= 15 is 0 Å². The van der Waals surface area contributed by atoms with Crippen molar-refractivity contribution in [2.75, 3.05) is 4.90 Å². The highest BCUT2D eigenvalue weighted by Crippen LogP contribution is 2.37. The quantitative estimate of drug-likeness (QED) is 0.799. The maximum absolute atomic E-state index is 9.28. The lowest BCUT2D eigenvalue weighted by molar-refractivity contribution is 0.630. The molecular formula is C18H20N2. The number of nitrogens with zero attached hydrogens (tertiary/aromatic N) is 2. The molecule has 0 radical (unpaired) electrons. The van der Waals surface area contributed by atoms with E-state index in [1.807, 2.05) is 12.1 Å². The number of anilines is 1. The van der Waals surface area contributed by atoms with Gasteiger partial charge in [0.15, 0.2) is 0 Å². The Morgan fingerprint density at radius 3 is 2.60 bits per heavy atom. The van der Waals surface area contributed by atoms with Crippen LogP contribution in [0.4, 0.5) is 5.69 Å². The molecule has 2 heteroatoms. The summed E-state index contributed by atoms with van der Waals surface area (Å²) in [4.78, 5) is 2.56. The van der Waals surface area contributed by atoms with Gasteiger partial charge in [-0.15, -0.1) is 0 Å². The van der Waals surface area contributed by atoms with Crippen LogP contribution in [0.5, 0.6) is 0 Å². The first-order valence-electron chi connectivity index (χ1n) is 7.46. The Morgan fingerprint density at radius 2 is 1.90 bits per heavy atom. The Morgan fingerprint density at radius 1 is 1.15 bits per heavy atom. The summed E-state index contributed by atoms with van der Waals surface area (Å²) in [5, 5.41) is 11.6. The SMILES string of the molecule is CCC1CCC(C)N1c1ccc(C#N)c2ccccc12. The Balaban J connectivity index is 2.20. The van der Waals surface area contributed by atoms with Gasteiger partial charge in [-0.25, -0.2) is 0 Å². The van der Waals surface area contributed by atoms with E-state index in [2.05, 4.69) is 49.1 Å². The van der Waals surface area contributed by atoms with Gasteiger partial charge in [-0.2, -0.15) is 5.26 Å². The van der Waals surface area contributed by atoms with Crippen molar-refractivity contribution in [3.05, 3.63) is 42.0 Å².